The molecule has 2 N–H and O–H groups in total. The third kappa shape index (κ3) is 2.23. The first-order valence-electron chi connectivity index (χ1n) is 6.49. The van der Waals surface area contributed by atoms with E-state index in [9.17, 15) is 4.39 Å². The largest absolute Gasteiger partial charge is 0.321 e. The van der Waals surface area contributed by atoms with Gasteiger partial charge in [0.25, 0.3) is 0 Å². The first-order valence-corrected chi connectivity index (χ1v) is 6.49. The molecule has 3 unspecified atom stereocenters. The number of aryl methyl sites for hydroxylation is 1. The molecule has 94 valence electrons. The fourth-order valence-corrected chi connectivity index (χ4v) is 3.06. The van der Waals surface area contributed by atoms with E-state index < -0.39 is 5.54 Å². The van der Waals surface area contributed by atoms with E-state index >= 15 is 0 Å². The highest BCUT2D eigenvalue weighted by molar-refractivity contribution is 5.31. The van der Waals surface area contributed by atoms with Crippen LogP contribution in [0.3, 0.4) is 0 Å². The van der Waals surface area contributed by atoms with E-state index in [0.29, 0.717) is 17.4 Å². The number of halogens is 1. The predicted octanol–water partition coefficient (Wildman–Crippen LogP) is 3.74. The van der Waals surface area contributed by atoms with Crippen LogP contribution in [0, 0.1) is 24.6 Å². The molecule has 0 aromatic heterocycles. The predicted molar refractivity (Wildman–Crippen MR) is 69.2 cm³/mol. The molecule has 1 saturated carbocycles. The second kappa shape index (κ2) is 4.41. The second-order valence-electron chi connectivity index (χ2n) is 5.80. The van der Waals surface area contributed by atoms with Gasteiger partial charge < -0.3 is 5.73 Å². The molecule has 1 aliphatic carbocycles. The molecule has 0 aliphatic heterocycles. The third-order valence-electron chi connectivity index (χ3n) is 4.31. The van der Waals surface area contributed by atoms with Gasteiger partial charge in [0, 0.05) is 11.1 Å². The van der Waals surface area contributed by atoms with Gasteiger partial charge in [-0.15, -0.1) is 0 Å². The van der Waals surface area contributed by atoms with Crippen LogP contribution in [-0.4, -0.2) is 0 Å². The van der Waals surface area contributed by atoms with Gasteiger partial charge in [0.15, 0.2) is 0 Å². The topological polar surface area (TPSA) is 26.0 Å². The average molecular weight is 235 g/mol. The molecule has 1 fully saturated rings. The van der Waals surface area contributed by atoms with Crippen LogP contribution in [0.4, 0.5) is 4.39 Å². The van der Waals surface area contributed by atoms with Crippen molar-refractivity contribution in [3.05, 3.63) is 35.1 Å². The maximum atomic E-state index is 14.0. The van der Waals surface area contributed by atoms with Crippen molar-refractivity contribution in [2.75, 3.05) is 0 Å². The summed E-state index contributed by atoms with van der Waals surface area (Å²) in [6.45, 7) is 6.39. The SMILES string of the molecule is Cc1ccc(F)c(C2(N)CCC(C)CC2C)c1. The van der Waals surface area contributed by atoms with Gasteiger partial charge in [-0.05, 0) is 44.1 Å². The summed E-state index contributed by atoms with van der Waals surface area (Å²) in [5, 5.41) is 0. The lowest BCUT2D eigenvalue weighted by atomic mass is 9.67. The minimum absolute atomic E-state index is 0.153. The lowest BCUT2D eigenvalue weighted by Gasteiger charge is -2.42. The maximum absolute atomic E-state index is 14.0. The maximum Gasteiger partial charge on any atom is 0.128 e. The monoisotopic (exact) mass is 235 g/mol. The van der Waals surface area contributed by atoms with E-state index in [1.165, 1.54) is 0 Å². The molecule has 1 nitrogen and oxygen atoms in total. The molecular formula is C15H22FN. The second-order valence-corrected chi connectivity index (χ2v) is 5.80. The molecule has 0 bridgehead atoms. The number of nitrogens with two attached hydrogens (primary N) is 1. The van der Waals surface area contributed by atoms with Gasteiger partial charge in [0.1, 0.15) is 5.82 Å². The highest BCUT2D eigenvalue weighted by atomic mass is 19.1. The van der Waals surface area contributed by atoms with Crippen LogP contribution in [0.1, 0.15) is 44.2 Å². The lowest BCUT2D eigenvalue weighted by Crippen LogP contribution is -2.47. The Balaban J connectivity index is 2.40. The fourth-order valence-electron chi connectivity index (χ4n) is 3.06. The third-order valence-corrected chi connectivity index (χ3v) is 4.31. The highest BCUT2D eigenvalue weighted by Crippen LogP contribution is 2.42. The Morgan fingerprint density at radius 2 is 2.06 bits per heavy atom. The zero-order chi connectivity index (χ0) is 12.6. The van der Waals surface area contributed by atoms with Crippen molar-refractivity contribution in [3.8, 4) is 0 Å². The van der Waals surface area contributed by atoms with Crippen molar-refractivity contribution in [2.45, 2.75) is 45.6 Å². The van der Waals surface area contributed by atoms with Crippen LogP contribution >= 0.6 is 0 Å². The van der Waals surface area contributed by atoms with Crippen LogP contribution in [0.5, 0.6) is 0 Å². The number of hydrogen-bond donors (Lipinski definition) is 1. The Bertz CT molecular complexity index is 415. The summed E-state index contributed by atoms with van der Waals surface area (Å²) in [5.41, 5.74) is 7.82. The van der Waals surface area contributed by atoms with E-state index in [-0.39, 0.29) is 5.82 Å². The van der Waals surface area contributed by atoms with Gasteiger partial charge in [-0.25, -0.2) is 4.39 Å². The first kappa shape index (κ1) is 12.6. The summed E-state index contributed by atoms with van der Waals surface area (Å²) in [5.74, 6) is 0.886. The molecule has 2 rings (SSSR count). The molecule has 1 aromatic carbocycles. The van der Waals surface area contributed by atoms with Crippen molar-refractivity contribution in [3.63, 3.8) is 0 Å². The average Bonchev–Trinajstić information content (AvgIpc) is 2.27. The zero-order valence-electron chi connectivity index (χ0n) is 11.0. The van der Waals surface area contributed by atoms with E-state index in [2.05, 4.69) is 13.8 Å². The van der Waals surface area contributed by atoms with Gasteiger partial charge in [0.05, 0.1) is 0 Å². The fraction of sp³-hybridized carbons (Fsp3) is 0.600. The summed E-state index contributed by atoms with van der Waals surface area (Å²) >= 11 is 0. The molecular weight excluding hydrogens is 213 g/mol. The molecule has 0 saturated heterocycles. The van der Waals surface area contributed by atoms with Gasteiger partial charge >= 0.3 is 0 Å². The standard InChI is InChI=1S/C15H22FN/c1-10-4-5-14(16)13(9-10)15(17)7-6-11(2)8-12(15)3/h4-5,9,11-12H,6-8,17H2,1-3H3. The van der Waals surface area contributed by atoms with Crippen molar-refractivity contribution < 1.29 is 4.39 Å². The lowest BCUT2D eigenvalue weighted by molar-refractivity contribution is 0.160. The van der Waals surface area contributed by atoms with Gasteiger partial charge in [-0.3, -0.25) is 0 Å². The smallest absolute Gasteiger partial charge is 0.128 e. The Hall–Kier alpha value is -0.890. The molecule has 1 aliphatic rings. The molecule has 2 heteroatoms. The van der Waals surface area contributed by atoms with E-state index in [1.54, 1.807) is 12.1 Å². The number of benzene rings is 1. The summed E-state index contributed by atoms with van der Waals surface area (Å²) in [4.78, 5) is 0. The summed E-state index contributed by atoms with van der Waals surface area (Å²) < 4.78 is 14.0. The molecule has 1 aromatic rings. The van der Waals surface area contributed by atoms with Crippen LogP contribution in [0.15, 0.2) is 18.2 Å². The quantitative estimate of drug-likeness (QED) is 0.788. The minimum atomic E-state index is -0.484. The number of hydrogen-bond acceptors (Lipinski definition) is 1. The van der Waals surface area contributed by atoms with Crippen molar-refractivity contribution in [2.24, 2.45) is 17.6 Å². The van der Waals surface area contributed by atoms with E-state index in [0.717, 1.165) is 24.8 Å². The van der Waals surface area contributed by atoms with Crippen molar-refractivity contribution in [1.82, 2.24) is 0 Å². The summed E-state index contributed by atoms with van der Waals surface area (Å²) in [6, 6.07) is 5.27. The molecule has 0 amide bonds. The van der Waals surface area contributed by atoms with Crippen molar-refractivity contribution in [1.29, 1.82) is 0 Å². The van der Waals surface area contributed by atoms with Crippen LogP contribution < -0.4 is 5.73 Å². The Morgan fingerprint density at radius 1 is 1.35 bits per heavy atom. The van der Waals surface area contributed by atoms with Crippen LogP contribution in [0.2, 0.25) is 0 Å². The zero-order valence-corrected chi connectivity index (χ0v) is 11.0. The Kier molecular flexibility index (Phi) is 3.26. The number of rotatable bonds is 1. The van der Waals surface area contributed by atoms with Gasteiger partial charge in [-0.2, -0.15) is 0 Å². The Labute approximate surface area is 103 Å². The molecule has 0 spiro atoms. The van der Waals surface area contributed by atoms with Gasteiger partial charge in [-0.1, -0.05) is 31.5 Å². The molecule has 3 atom stereocenters. The molecule has 0 heterocycles. The molecule has 17 heavy (non-hydrogen) atoms. The molecule has 0 radical (unpaired) electrons. The Morgan fingerprint density at radius 3 is 2.71 bits per heavy atom. The first-order chi connectivity index (χ1) is 7.93. The van der Waals surface area contributed by atoms with Crippen molar-refractivity contribution >= 4 is 0 Å². The van der Waals surface area contributed by atoms with E-state index in [4.69, 9.17) is 5.73 Å². The summed E-state index contributed by atoms with van der Waals surface area (Å²) in [7, 11) is 0. The van der Waals surface area contributed by atoms with Crippen LogP contribution in [-0.2, 0) is 5.54 Å². The summed E-state index contributed by atoms with van der Waals surface area (Å²) in [6.07, 6.45) is 3.06. The highest BCUT2D eigenvalue weighted by Gasteiger charge is 2.39. The minimum Gasteiger partial charge on any atom is -0.321 e. The van der Waals surface area contributed by atoms with Gasteiger partial charge in [0.2, 0.25) is 0 Å². The normalized spacial score (nSPS) is 33.7. The van der Waals surface area contributed by atoms with Crippen LogP contribution in [0.25, 0.3) is 0 Å². The van der Waals surface area contributed by atoms with E-state index in [1.807, 2.05) is 13.0 Å².